The van der Waals surface area contributed by atoms with Crippen LogP contribution >= 0.6 is 30.8 Å². The molecule has 1 fully saturated rings. The van der Waals surface area contributed by atoms with Gasteiger partial charge in [0.2, 0.25) is 11.0 Å². The summed E-state index contributed by atoms with van der Waals surface area (Å²) in [7, 11) is -3.29. The molecule has 0 saturated carbocycles. The molecule has 5 N–H and O–H groups in total. The fourth-order valence-corrected chi connectivity index (χ4v) is 4.85. The number of nitrogens with one attached hydrogen (secondary N) is 1. The number of nitrogens with zero attached hydrogens (tertiary/aromatic N) is 5. The number of phosphoric acid groups is 1. The van der Waals surface area contributed by atoms with E-state index in [1.165, 1.54) is 7.11 Å². The second-order valence-corrected chi connectivity index (χ2v) is 10.00. The average Bonchev–Trinajstić information content (AvgIpc) is 3.41. The van der Waals surface area contributed by atoms with Gasteiger partial charge in [-0.2, -0.15) is 0 Å². The highest BCUT2D eigenvalue weighted by Crippen LogP contribution is 2.37. The van der Waals surface area contributed by atoms with Crippen molar-refractivity contribution in [3.63, 3.8) is 0 Å². The Morgan fingerprint density at radius 1 is 1.41 bits per heavy atom. The van der Waals surface area contributed by atoms with Crippen molar-refractivity contribution in [3.8, 4) is 0 Å². The lowest BCUT2D eigenvalue weighted by molar-refractivity contribution is 0.0532. The van der Waals surface area contributed by atoms with Crippen molar-refractivity contribution >= 4 is 41.8 Å². The number of anilines is 1. The number of aromatic nitrogens is 4. The van der Waals surface area contributed by atoms with E-state index in [4.69, 9.17) is 31.2 Å². The molecule has 3 rings (SSSR count). The maximum atomic E-state index is 13.0. The highest BCUT2D eigenvalue weighted by molar-refractivity contribution is 7.46. The second kappa shape index (κ2) is 11.4. The van der Waals surface area contributed by atoms with Gasteiger partial charge in [-0.05, 0) is 12.8 Å². The maximum Gasteiger partial charge on any atom is 0.471 e. The summed E-state index contributed by atoms with van der Waals surface area (Å²) in [6, 6.07) is -0.402. The molecule has 0 radical (unpaired) electrons. The fourth-order valence-electron chi connectivity index (χ4n) is 3.43. The smallest absolute Gasteiger partial charge is 0.393 e. The SMILES string of the molecule is CCc1nc(C(=O)N[C@@H]2CCN(c3nnc(C(O)CO)s3)C[C@@H]2OC)n(COP(=O)(O)O)c1Cl. The van der Waals surface area contributed by atoms with Gasteiger partial charge in [0, 0.05) is 20.2 Å². The van der Waals surface area contributed by atoms with E-state index in [9.17, 15) is 14.5 Å². The third kappa shape index (κ3) is 6.30. The number of imidazole rings is 1. The predicted octanol–water partition coefficient (Wildman–Crippen LogP) is 0.0666. The van der Waals surface area contributed by atoms with Crippen molar-refractivity contribution < 1.29 is 38.6 Å². The Labute approximate surface area is 203 Å². The zero-order valence-electron chi connectivity index (χ0n) is 18.4. The Morgan fingerprint density at radius 2 is 2.15 bits per heavy atom. The number of ether oxygens (including phenoxy) is 1. The summed E-state index contributed by atoms with van der Waals surface area (Å²) in [5, 5.41) is 30.5. The van der Waals surface area contributed by atoms with Gasteiger partial charge < -0.3 is 35.0 Å². The normalized spacial score (nSPS) is 19.9. The standard InChI is InChI=1S/C17H26ClN6O8PS/c1-3-9-13(18)24(8-32-33(28,29)30)14(19-9)15(27)20-10-4-5-23(6-12(10)31-2)17-22-21-16(34-17)11(26)7-25/h10-12,25-26H,3-8H2,1-2H3,(H,20,27)(H2,28,29,30)/t10-,11?,12+/m1/s1. The summed E-state index contributed by atoms with van der Waals surface area (Å²) in [4.78, 5) is 37.2. The highest BCUT2D eigenvalue weighted by Gasteiger charge is 2.34. The minimum Gasteiger partial charge on any atom is -0.393 e. The van der Waals surface area contributed by atoms with Crippen molar-refractivity contribution in [3.05, 3.63) is 21.7 Å². The molecule has 2 aromatic heterocycles. The summed E-state index contributed by atoms with van der Waals surface area (Å²) in [5.41, 5.74) is 0.386. The summed E-state index contributed by atoms with van der Waals surface area (Å²) in [6.45, 7) is 1.55. The zero-order chi connectivity index (χ0) is 25.0. The van der Waals surface area contributed by atoms with E-state index in [1.54, 1.807) is 6.92 Å². The maximum absolute atomic E-state index is 13.0. The molecule has 1 saturated heterocycles. The minimum absolute atomic E-state index is 0.0522. The van der Waals surface area contributed by atoms with Crippen molar-refractivity contribution in [2.45, 2.75) is 44.7 Å². The van der Waals surface area contributed by atoms with Crippen LogP contribution in [0.2, 0.25) is 5.15 Å². The molecule has 0 aliphatic carbocycles. The van der Waals surface area contributed by atoms with Gasteiger partial charge in [-0.15, -0.1) is 10.2 Å². The van der Waals surface area contributed by atoms with E-state index in [0.29, 0.717) is 41.8 Å². The number of halogens is 1. The predicted molar refractivity (Wildman–Crippen MR) is 121 cm³/mol. The molecule has 1 unspecified atom stereocenters. The number of aliphatic hydroxyl groups excluding tert-OH is 2. The molecule has 190 valence electrons. The van der Waals surface area contributed by atoms with E-state index < -0.39 is 45.3 Å². The zero-order valence-corrected chi connectivity index (χ0v) is 20.8. The third-order valence-corrected chi connectivity index (χ3v) is 7.16. The van der Waals surface area contributed by atoms with Gasteiger partial charge in [0.15, 0.2) is 0 Å². The number of carbonyl (C=O) groups excluding carboxylic acids is 1. The molecule has 3 atom stereocenters. The first-order valence-corrected chi connectivity index (χ1v) is 13.0. The number of piperidine rings is 1. The number of amides is 1. The lowest BCUT2D eigenvalue weighted by Crippen LogP contribution is -2.55. The van der Waals surface area contributed by atoms with E-state index in [0.717, 1.165) is 15.9 Å². The third-order valence-electron chi connectivity index (χ3n) is 5.20. The van der Waals surface area contributed by atoms with Crippen LogP contribution < -0.4 is 10.2 Å². The van der Waals surface area contributed by atoms with Gasteiger partial charge in [0.25, 0.3) is 5.91 Å². The largest absolute Gasteiger partial charge is 0.471 e. The summed E-state index contributed by atoms with van der Waals surface area (Å²) >= 11 is 7.39. The lowest BCUT2D eigenvalue weighted by Gasteiger charge is -2.37. The molecule has 17 heteroatoms. The Morgan fingerprint density at radius 3 is 2.76 bits per heavy atom. The van der Waals surface area contributed by atoms with Gasteiger partial charge in [0.05, 0.1) is 24.4 Å². The Hall–Kier alpha value is -1.68. The first-order valence-electron chi connectivity index (χ1n) is 10.2. The van der Waals surface area contributed by atoms with Crippen LogP contribution in [0.25, 0.3) is 0 Å². The molecule has 14 nitrogen and oxygen atoms in total. The van der Waals surface area contributed by atoms with Gasteiger partial charge in [-0.3, -0.25) is 13.9 Å². The average molecular weight is 541 g/mol. The number of hydrogen-bond acceptors (Lipinski definition) is 11. The van der Waals surface area contributed by atoms with Crippen LogP contribution in [0.5, 0.6) is 0 Å². The Balaban J connectivity index is 1.71. The summed E-state index contributed by atoms with van der Waals surface area (Å²) in [6.07, 6.45) is -0.644. The van der Waals surface area contributed by atoms with Crippen LogP contribution in [-0.4, -0.2) is 84.6 Å². The molecule has 1 amide bonds. The lowest BCUT2D eigenvalue weighted by atomic mass is 10.0. The number of methoxy groups -OCH3 is 1. The van der Waals surface area contributed by atoms with Crippen LogP contribution in [0, 0.1) is 0 Å². The minimum atomic E-state index is -4.80. The Kier molecular flexibility index (Phi) is 9.00. The molecule has 34 heavy (non-hydrogen) atoms. The highest BCUT2D eigenvalue weighted by atomic mass is 35.5. The van der Waals surface area contributed by atoms with Crippen LogP contribution in [0.15, 0.2) is 0 Å². The van der Waals surface area contributed by atoms with Crippen LogP contribution in [0.4, 0.5) is 5.13 Å². The topological polar surface area (TPSA) is 192 Å². The number of aliphatic hydroxyl groups is 2. The van der Waals surface area contributed by atoms with E-state index in [-0.39, 0.29) is 11.0 Å². The molecule has 0 bridgehead atoms. The van der Waals surface area contributed by atoms with Gasteiger partial charge in [-0.1, -0.05) is 29.9 Å². The summed E-state index contributed by atoms with van der Waals surface area (Å²) in [5.74, 6) is -0.736. The van der Waals surface area contributed by atoms with Gasteiger partial charge in [0.1, 0.15) is 23.0 Å². The molecule has 0 aromatic carbocycles. The molecule has 3 heterocycles. The number of rotatable bonds is 10. The number of phosphoric ester groups is 1. The molecule has 1 aliphatic rings. The summed E-state index contributed by atoms with van der Waals surface area (Å²) < 4.78 is 22.3. The quantitative estimate of drug-likeness (QED) is 0.255. The van der Waals surface area contributed by atoms with Gasteiger partial charge >= 0.3 is 7.82 Å². The molecule has 0 spiro atoms. The van der Waals surface area contributed by atoms with E-state index in [1.807, 2.05) is 4.90 Å². The van der Waals surface area contributed by atoms with Crippen molar-refractivity contribution in [2.24, 2.45) is 0 Å². The van der Waals surface area contributed by atoms with E-state index in [2.05, 4.69) is 25.0 Å². The monoisotopic (exact) mass is 540 g/mol. The molecular weight excluding hydrogens is 515 g/mol. The first kappa shape index (κ1) is 26.9. The number of carbonyl (C=O) groups is 1. The fraction of sp³-hybridized carbons (Fsp3) is 0.647. The van der Waals surface area contributed by atoms with Crippen molar-refractivity contribution in [2.75, 3.05) is 31.7 Å². The van der Waals surface area contributed by atoms with E-state index >= 15 is 0 Å². The van der Waals surface area contributed by atoms with Crippen LogP contribution in [0.1, 0.15) is 40.8 Å². The van der Waals surface area contributed by atoms with Gasteiger partial charge in [-0.25, -0.2) is 9.55 Å². The molecule has 1 aliphatic heterocycles. The van der Waals surface area contributed by atoms with Crippen molar-refractivity contribution in [1.82, 2.24) is 25.1 Å². The Bertz CT molecular complexity index is 1050. The molecule has 2 aromatic rings. The second-order valence-electron chi connectivity index (χ2n) is 7.41. The number of hydrogen-bond donors (Lipinski definition) is 5. The van der Waals surface area contributed by atoms with Crippen LogP contribution in [-0.2, 0) is 27.0 Å². The van der Waals surface area contributed by atoms with Crippen molar-refractivity contribution in [1.29, 1.82) is 0 Å². The first-order chi connectivity index (χ1) is 16.1. The van der Waals surface area contributed by atoms with Crippen LogP contribution in [0.3, 0.4) is 0 Å². The number of aryl methyl sites for hydroxylation is 1. The molecular formula is C17H26ClN6O8PS.